The molecule has 0 aliphatic heterocycles. The zero-order valence-electron chi connectivity index (χ0n) is 16.2. The largest absolute Gasteiger partial charge is 0.353 e. The van der Waals surface area contributed by atoms with Crippen molar-refractivity contribution in [2.24, 2.45) is 0 Å². The first-order chi connectivity index (χ1) is 14.5. The van der Waals surface area contributed by atoms with E-state index in [0.29, 0.717) is 33.4 Å². The molecule has 0 aliphatic rings. The summed E-state index contributed by atoms with van der Waals surface area (Å²) in [4.78, 5) is 33.2. The van der Waals surface area contributed by atoms with Gasteiger partial charge >= 0.3 is 0 Å². The molecule has 0 bridgehead atoms. The van der Waals surface area contributed by atoms with Gasteiger partial charge in [-0.3, -0.25) is 14.2 Å². The Balaban J connectivity index is 1.57. The van der Waals surface area contributed by atoms with Crippen LogP contribution in [0.4, 0.5) is 0 Å². The number of aromatic nitrogens is 3. The monoisotopic (exact) mass is 438 g/mol. The van der Waals surface area contributed by atoms with E-state index in [1.165, 1.54) is 16.3 Å². The van der Waals surface area contributed by atoms with Crippen molar-refractivity contribution in [1.82, 2.24) is 19.9 Å². The van der Waals surface area contributed by atoms with Crippen LogP contribution in [0.25, 0.3) is 16.7 Å². The van der Waals surface area contributed by atoms with Crippen molar-refractivity contribution in [1.29, 1.82) is 0 Å². The maximum absolute atomic E-state index is 13.1. The van der Waals surface area contributed by atoms with Crippen LogP contribution >= 0.6 is 23.4 Å². The smallest absolute Gasteiger partial charge is 0.283 e. The number of carbonyl (C=O) groups is 1. The molecular formula is C22H19ClN4O2S. The average molecular weight is 439 g/mol. The van der Waals surface area contributed by atoms with E-state index in [9.17, 15) is 9.59 Å². The minimum atomic E-state index is -0.193. The summed E-state index contributed by atoms with van der Waals surface area (Å²) >= 11 is 7.21. The van der Waals surface area contributed by atoms with Crippen LogP contribution in [0.3, 0.4) is 0 Å². The number of H-pyrrole nitrogens is 1. The van der Waals surface area contributed by atoms with E-state index in [2.05, 4.69) is 15.3 Å². The molecule has 0 fully saturated rings. The van der Waals surface area contributed by atoms with Crippen molar-refractivity contribution in [2.45, 2.75) is 18.6 Å². The molecule has 2 heterocycles. The molecule has 0 aliphatic carbocycles. The Morgan fingerprint density at radius 3 is 2.73 bits per heavy atom. The van der Waals surface area contributed by atoms with Crippen LogP contribution in [-0.4, -0.2) is 26.2 Å². The minimum Gasteiger partial charge on any atom is -0.353 e. The number of nitrogens with one attached hydrogen (secondary N) is 2. The van der Waals surface area contributed by atoms with Crippen molar-refractivity contribution in [2.75, 3.05) is 5.75 Å². The third kappa shape index (κ3) is 4.42. The van der Waals surface area contributed by atoms with Crippen LogP contribution in [0.1, 0.15) is 11.3 Å². The van der Waals surface area contributed by atoms with E-state index in [0.717, 1.165) is 11.3 Å². The van der Waals surface area contributed by atoms with Gasteiger partial charge in [0.1, 0.15) is 5.52 Å². The molecule has 4 rings (SSSR count). The average Bonchev–Trinajstić information content (AvgIpc) is 3.12. The van der Waals surface area contributed by atoms with Crippen LogP contribution in [0.5, 0.6) is 0 Å². The number of benzene rings is 2. The molecule has 1 amide bonds. The third-order valence-corrected chi connectivity index (χ3v) is 5.66. The number of fused-ring (bicyclic) bond motifs is 1. The highest BCUT2D eigenvalue weighted by Crippen LogP contribution is 2.21. The Morgan fingerprint density at radius 2 is 1.97 bits per heavy atom. The Labute approximate surface area is 182 Å². The fraction of sp³-hybridized carbons (Fsp3) is 0.136. The SMILES string of the molecule is Cc1cc2nc(SCC(=O)NCc3cccc(Cl)c3)n(-c3ccccc3)c(=O)c2[nH]1. The summed E-state index contributed by atoms with van der Waals surface area (Å²) in [6, 6.07) is 18.5. The molecule has 0 unspecified atom stereocenters. The van der Waals surface area contributed by atoms with Crippen molar-refractivity contribution >= 4 is 40.3 Å². The van der Waals surface area contributed by atoms with Gasteiger partial charge in [-0.25, -0.2) is 4.98 Å². The van der Waals surface area contributed by atoms with Crippen molar-refractivity contribution in [3.8, 4) is 5.69 Å². The van der Waals surface area contributed by atoms with E-state index in [-0.39, 0.29) is 17.2 Å². The van der Waals surface area contributed by atoms with Crippen LogP contribution < -0.4 is 10.9 Å². The van der Waals surface area contributed by atoms with Crippen LogP contribution in [0.2, 0.25) is 5.02 Å². The Hall–Kier alpha value is -3.03. The lowest BCUT2D eigenvalue weighted by Gasteiger charge is -2.12. The summed E-state index contributed by atoms with van der Waals surface area (Å²) < 4.78 is 1.53. The van der Waals surface area contributed by atoms with Gasteiger partial charge in [0.2, 0.25) is 5.91 Å². The Bertz CT molecular complexity index is 1270. The molecule has 6 nitrogen and oxygen atoms in total. The van der Waals surface area contributed by atoms with Crippen LogP contribution in [-0.2, 0) is 11.3 Å². The molecule has 8 heteroatoms. The third-order valence-electron chi connectivity index (χ3n) is 4.48. The highest BCUT2D eigenvalue weighted by Gasteiger charge is 2.16. The topological polar surface area (TPSA) is 79.8 Å². The lowest BCUT2D eigenvalue weighted by atomic mass is 10.2. The standard InChI is InChI=1S/C22H19ClN4O2S/c1-14-10-18-20(25-14)21(29)27(17-8-3-2-4-9-17)22(26-18)30-13-19(28)24-12-15-6-5-7-16(23)11-15/h2-11,25H,12-13H2,1H3,(H,24,28). The summed E-state index contributed by atoms with van der Waals surface area (Å²) in [5, 5.41) is 3.97. The van der Waals surface area contributed by atoms with Gasteiger partial charge in [0, 0.05) is 17.3 Å². The van der Waals surface area contributed by atoms with Gasteiger partial charge in [0.25, 0.3) is 5.56 Å². The van der Waals surface area contributed by atoms with E-state index in [1.807, 2.05) is 61.5 Å². The normalized spacial score (nSPS) is 11.0. The number of aromatic amines is 1. The first-order valence-corrected chi connectivity index (χ1v) is 10.7. The molecule has 0 saturated heterocycles. The number of hydrogen-bond acceptors (Lipinski definition) is 4. The molecule has 2 aromatic carbocycles. The predicted molar refractivity (Wildman–Crippen MR) is 120 cm³/mol. The number of amides is 1. The van der Waals surface area contributed by atoms with Gasteiger partial charge in [0.15, 0.2) is 5.16 Å². The van der Waals surface area contributed by atoms with E-state index < -0.39 is 0 Å². The number of thioether (sulfide) groups is 1. The van der Waals surface area contributed by atoms with E-state index >= 15 is 0 Å². The summed E-state index contributed by atoms with van der Waals surface area (Å²) in [7, 11) is 0. The molecular weight excluding hydrogens is 420 g/mol. The summed E-state index contributed by atoms with van der Waals surface area (Å²) in [6.07, 6.45) is 0. The van der Waals surface area contributed by atoms with E-state index in [1.54, 1.807) is 6.07 Å². The van der Waals surface area contributed by atoms with Gasteiger partial charge in [0.05, 0.1) is 17.0 Å². The van der Waals surface area contributed by atoms with Gasteiger partial charge in [-0.05, 0) is 42.8 Å². The maximum atomic E-state index is 13.1. The molecule has 0 radical (unpaired) electrons. The van der Waals surface area contributed by atoms with Gasteiger partial charge in [-0.2, -0.15) is 0 Å². The zero-order chi connectivity index (χ0) is 21.1. The lowest BCUT2D eigenvalue weighted by Crippen LogP contribution is -2.26. The Kier molecular flexibility index (Phi) is 5.92. The van der Waals surface area contributed by atoms with Gasteiger partial charge in [-0.15, -0.1) is 0 Å². The fourth-order valence-corrected chi connectivity index (χ4v) is 4.16. The number of halogens is 1. The number of rotatable bonds is 6. The molecule has 0 spiro atoms. The highest BCUT2D eigenvalue weighted by atomic mass is 35.5. The first-order valence-electron chi connectivity index (χ1n) is 9.33. The number of hydrogen-bond donors (Lipinski definition) is 2. The molecule has 4 aromatic rings. The van der Waals surface area contributed by atoms with Crippen LogP contribution in [0, 0.1) is 6.92 Å². The summed E-state index contributed by atoms with van der Waals surface area (Å²) in [6.45, 7) is 2.26. The Morgan fingerprint density at radius 1 is 1.17 bits per heavy atom. The zero-order valence-corrected chi connectivity index (χ0v) is 17.8. The minimum absolute atomic E-state index is 0.134. The second kappa shape index (κ2) is 8.77. The molecule has 0 saturated carbocycles. The second-order valence-corrected chi connectivity index (χ2v) is 8.16. The second-order valence-electron chi connectivity index (χ2n) is 6.78. The summed E-state index contributed by atoms with van der Waals surface area (Å²) in [5.74, 6) is -0.0199. The van der Waals surface area contributed by atoms with E-state index in [4.69, 9.17) is 11.6 Å². The number of carbonyl (C=O) groups excluding carboxylic acids is 1. The van der Waals surface area contributed by atoms with Crippen molar-refractivity contribution in [3.63, 3.8) is 0 Å². The fourth-order valence-electron chi connectivity index (χ4n) is 3.11. The van der Waals surface area contributed by atoms with Gasteiger partial charge in [-0.1, -0.05) is 53.7 Å². The quantitative estimate of drug-likeness (QED) is 0.351. The predicted octanol–water partition coefficient (Wildman–Crippen LogP) is 4.08. The molecule has 152 valence electrons. The number of aryl methyl sites for hydroxylation is 1. The van der Waals surface area contributed by atoms with Crippen LogP contribution in [0.15, 0.2) is 70.6 Å². The first kappa shape index (κ1) is 20.3. The molecule has 2 N–H and O–H groups in total. The molecule has 30 heavy (non-hydrogen) atoms. The highest BCUT2D eigenvalue weighted by molar-refractivity contribution is 7.99. The number of para-hydroxylation sites is 1. The van der Waals surface area contributed by atoms with Crippen molar-refractivity contribution < 1.29 is 4.79 Å². The summed E-state index contributed by atoms with van der Waals surface area (Å²) in [5.41, 5.74) is 3.32. The molecule has 0 atom stereocenters. The lowest BCUT2D eigenvalue weighted by molar-refractivity contribution is -0.118. The van der Waals surface area contributed by atoms with Crippen molar-refractivity contribution in [3.05, 3.63) is 87.3 Å². The number of nitrogens with zero attached hydrogens (tertiary/aromatic N) is 2. The van der Waals surface area contributed by atoms with Gasteiger partial charge < -0.3 is 10.3 Å². The molecule has 2 aromatic heterocycles. The maximum Gasteiger partial charge on any atom is 0.283 e.